The van der Waals surface area contributed by atoms with Gasteiger partial charge in [0.2, 0.25) is 0 Å². The van der Waals surface area contributed by atoms with Gasteiger partial charge in [-0.3, -0.25) is 0 Å². The Labute approximate surface area is 121 Å². The van der Waals surface area contributed by atoms with Crippen molar-refractivity contribution in [1.82, 2.24) is 10.3 Å². The van der Waals surface area contributed by atoms with Crippen LogP contribution >= 0.6 is 11.3 Å². The van der Waals surface area contributed by atoms with Gasteiger partial charge in [0.25, 0.3) is 0 Å². The van der Waals surface area contributed by atoms with Crippen molar-refractivity contribution in [1.29, 1.82) is 0 Å². The lowest BCUT2D eigenvalue weighted by atomic mass is 10.2. The third-order valence-corrected chi connectivity index (χ3v) is 4.84. The molecule has 108 valence electrons. The minimum absolute atomic E-state index is 0.753. The lowest BCUT2D eigenvalue weighted by molar-refractivity contribution is 0.642. The topological polar surface area (TPSA) is 28.2 Å². The number of unbranched alkanes of at least 4 members (excludes halogenated alkanes) is 1. The molecule has 3 nitrogen and oxygen atoms in total. The van der Waals surface area contributed by atoms with Gasteiger partial charge in [0, 0.05) is 30.4 Å². The highest BCUT2D eigenvalue weighted by Crippen LogP contribution is 2.44. The molecule has 0 saturated heterocycles. The molecule has 1 aromatic heterocycles. The number of thiazole rings is 1. The molecule has 0 aliphatic heterocycles. The van der Waals surface area contributed by atoms with E-state index in [1.807, 2.05) is 11.3 Å². The smallest absolute Gasteiger partial charge is 0.185 e. The molecule has 0 aromatic carbocycles. The molecule has 1 aliphatic carbocycles. The second-order valence-electron chi connectivity index (χ2n) is 5.28. The summed E-state index contributed by atoms with van der Waals surface area (Å²) in [5, 5.41) is 4.79. The van der Waals surface area contributed by atoms with E-state index in [0.717, 1.165) is 32.1 Å². The first-order chi connectivity index (χ1) is 9.30. The van der Waals surface area contributed by atoms with E-state index in [1.165, 1.54) is 41.4 Å². The van der Waals surface area contributed by atoms with E-state index in [1.54, 1.807) is 0 Å². The molecule has 1 heterocycles. The van der Waals surface area contributed by atoms with E-state index < -0.39 is 0 Å². The number of nitrogens with zero attached hydrogens (tertiary/aromatic N) is 2. The average Bonchev–Trinajstić information content (AvgIpc) is 3.18. The third kappa shape index (κ3) is 3.93. The van der Waals surface area contributed by atoms with Crippen LogP contribution in [0.4, 0.5) is 5.13 Å². The summed E-state index contributed by atoms with van der Waals surface area (Å²) >= 11 is 1.90. The van der Waals surface area contributed by atoms with Crippen molar-refractivity contribution >= 4 is 16.5 Å². The van der Waals surface area contributed by atoms with E-state index in [0.29, 0.717) is 0 Å². The Hall–Kier alpha value is -0.610. The summed E-state index contributed by atoms with van der Waals surface area (Å²) in [6, 6.07) is 0. The first-order valence-electron chi connectivity index (χ1n) is 7.75. The molecule has 0 amide bonds. The number of anilines is 1. The zero-order valence-corrected chi connectivity index (χ0v) is 13.4. The van der Waals surface area contributed by atoms with Crippen molar-refractivity contribution < 1.29 is 0 Å². The summed E-state index contributed by atoms with van der Waals surface area (Å²) < 4.78 is 0. The Balaban J connectivity index is 2.02. The highest BCUT2D eigenvalue weighted by molar-refractivity contribution is 7.15. The third-order valence-electron chi connectivity index (χ3n) is 3.71. The Morgan fingerprint density at radius 3 is 2.58 bits per heavy atom. The fourth-order valence-corrected chi connectivity index (χ4v) is 3.53. The molecule has 0 spiro atoms. The SMILES string of the molecule is CCCCNCc1sc(N(CC)CC)nc1C1CC1. The predicted molar refractivity (Wildman–Crippen MR) is 84.3 cm³/mol. The minimum Gasteiger partial charge on any atom is -0.349 e. The Morgan fingerprint density at radius 2 is 2.00 bits per heavy atom. The quantitative estimate of drug-likeness (QED) is 0.699. The van der Waals surface area contributed by atoms with Crippen LogP contribution in [0, 0.1) is 0 Å². The molecule has 1 saturated carbocycles. The number of rotatable bonds is 9. The fraction of sp³-hybridized carbons (Fsp3) is 0.800. The molecule has 2 rings (SSSR count). The summed E-state index contributed by atoms with van der Waals surface area (Å²) in [6.07, 6.45) is 5.20. The van der Waals surface area contributed by atoms with Gasteiger partial charge in [0.05, 0.1) is 5.69 Å². The first-order valence-corrected chi connectivity index (χ1v) is 8.57. The zero-order chi connectivity index (χ0) is 13.7. The number of aromatic nitrogens is 1. The van der Waals surface area contributed by atoms with Crippen molar-refractivity contribution in [3.05, 3.63) is 10.6 Å². The van der Waals surface area contributed by atoms with Gasteiger partial charge < -0.3 is 10.2 Å². The standard InChI is InChI=1S/C15H27N3S/c1-4-7-10-16-11-13-14(12-8-9-12)17-15(19-13)18(5-2)6-3/h12,16H,4-11H2,1-3H3. The second-order valence-corrected chi connectivity index (χ2v) is 6.34. The molecule has 0 unspecified atom stereocenters. The van der Waals surface area contributed by atoms with Crippen molar-refractivity contribution in [2.24, 2.45) is 0 Å². The van der Waals surface area contributed by atoms with Crippen molar-refractivity contribution in [3.63, 3.8) is 0 Å². The van der Waals surface area contributed by atoms with Crippen LogP contribution in [0.3, 0.4) is 0 Å². The van der Waals surface area contributed by atoms with Gasteiger partial charge in [-0.25, -0.2) is 4.98 Å². The maximum Gasteiger partial charge on any atom is 0.185 e. The van der Waals surface area contributed by atoms with E-state index in [2.05, 4.69) is 31.0 Å². The lowest BCUT2D eigenvalue weighted by Crippen LogP contribution is -2.21. The van der Waals surface area contributed by atoms with Gasteiger partial charge in [0.15, 0.2) is 5.13 Å². The molecule has 1 aliphatic rings. The number of nitrogens with one attached hydrogen (secondary N) is 1. The molecule has 19 heavy (non-hydrogen) atoms. The predicted octanol–water partition coefficient (Wildman–Crippen LogP) is 3.76. The molecule has 1 aromatic rings. The van der Waals surface area contributed by atoms with E-state index in [4.69, 9.17) is 4.98 Å². The minimum atomic E-state index is 0.753. The molecule has 0 bridgehead atoms. The fourth-order valence-electron chi connectivity index (χ4n) is 2.29. The van der Waals surface area contributed by atoms with Gasteiger partial charge in [-0.2, -0.15) is 0 Å². The monoisotopic (exact) mass is 281 g/mol. The van der Waals surface area contributed by atoms with Crippen LogP contribution in [-0.4, -0.2) is 24.6 Å². The number of hydrogen-bond acceptors (Lipinski definition) is 4. The second kappa shape index (κ2) is 7.25. The molecular formula is C15H27N3S. The average molecular weight is 281 g/mol. The largest absolute Gasteiger partial charge is 0.349 e. The summed E-state index contributed by atoms with van der Waals surface area (Å²) in [6.45, 7) is 10.9. The van der Waals surface area contributed by atoms with Gasteiger partial charge in [-0.05, 0) is 39.7 Å². The van der Waals surface area contributed by atoms with Crippen LogP contribution < -0.4 is 10.2 Å². The Kier molecular flexibility index (Phi) is 5.64. The molecular weight excluding hydrogens is 254 g/mol. The van der Waals surface area contributed by atoms with Crippen molar-refractivity contribution in [3.8, 4) is 0 Å². The van der Waals surface area contributed by atoms with Crippen LogP contribution in [0.25, 0.3) is 0 Å². The summed E-state index contributed by atoms with van der Waals surface area (Å²) in [5.74, 6) is 0.753. The highest BCUT2D eigenvalue weighted by atomic mass is 32.1. The normalized spacial score (nSPS) is 14.9. The van der Waals surface area contributed by atoms with Gasteiger partial charge in [0.1, 0.15) is 0 Å². The summed E-state index contributed by atoms with van der Waals surface area (Å²) in [5.41, 5.74) is 1.39. The van der Waals surface area contributed by atoms with Crippen LogP contribution in [0.5, 0.6) is 0 Å². The molecule has 1 fully saturated rings. The van der Waals surface area contributed by atoms with E-state index in [-0.39, 0.29) is 0 Å². The Morgan fingerprint density at radius 1 is 1.26 bits per heavy atom. The van der Waals surface area contributed by atoms with E-state index >= 15 is 0 Å². The van der Waals surface area contributed by atoms with Gasteiger partial charge in [-0.15, -0.1) is 11.3 Å². The molecule has 0 atom stereocenters. The van der Waals surface area contributed by atoms with Gasteiger partial charge >= 0.3 is 0 Å². The van der Waals surface area contributed by atoms with Crippen LogP contribution in [0.2, 0.25) is 0 Å². The highest BCUT2D eigenvalue weighted by Gasteiger charge is 2.30. The van der Waals surface area contributed by atoms with E-state index in [9.17, 15) is 0 Å². The maximum atomic E-state index is 4.92. The van der Waals surface area contributed by atoms with Crippen LogP contribution in [-0.2, 0) is 6.54 Å². The number of hydrogen-bond donors (Lipinski definition) is 1. The summed E-state index contributed by atoms with van der Waals surface area (Å²) in [4.78, 5) is 8.76. The van der Waals surface area contributed by atoms with Gasteiger partial charge in [-0.1, -0.05) is 13.3 Å². The molecule has 4 heteroatoms. The van der Waals surface area contributed by atoms with Crippen LogP contribution in [0.1, 0.15) is 62.9 Å². The van der Waals surface area contributed by atoms with Crippen LogP contribution in [0.15, 0.2) is 0 Å². The van der Waals surface area contributed by atoms with Crippen molar-refractivity contribution in [2.45, 2.75) is 58.9 Å². The Bertz CT molecular complexity index is 381. The molecule has 0 radical (unpaired) electrons. The first kappa shape index (κ1) is 14.8. The molecule has 1 N–H and O–H groups in total. The maximum absolute atomic E-state index is 4.92. The zero-order valence-electron chi connectivity index (χ0n) is 12.5. The summed E-state index contributed by atoms with van der Waals surface area (Å²) in [7, 11) is 0. The van der Waals surface area contributed by atoms with Crippen molar-refractivity contribution in [2.75, 3.05) is 24.5 Å². The lowest BCUT2D eigenvalue weighted by Gasteiger charge is -2.16.